The minimum Gasteiger partial charge on any atom is -0.316 e. The second kappa shape index (κ2) is 2.96. The second-order valence-electron chi connectivity index (χ2n) is 1.86. The Kier molecular flexibility index (Phi) is 2.22. The van der Waals surface area contributed by atoms with E-state index in [1.54, 1.807) is 11.3 Å². The molecule has 0 amide bonds. The zero-order valence-corrected chi connectivity index (χ0v) is 6.03. The highest BCUT2D eigenvalue weighted by Gasteiger charge is 1.95. The topological polar surface area (TPSA) is 32.3 Å². The molecule has 2 nitrogen and oxygen atoms in total. The molecular weight excluding hydrogens is 134 g/mol. The number of hydrogen-bond donors (Lipinski definition) is 2. The molecule has 0 unspecified atom stereocenters. The van der Waals surface area contributed by atoms with Crippen molar-refractivity contribution >= 4 is 11.3 Å². The lowest BCUT2D eigenvalue weighted by Gasteiger charge is -1.93. The van der Waals surface area contributed by atoms with Crippen molar-refractivity contribution in [1.82, 2.24) is 5.48 Å². The van der Waals surface area contributed by atoms with Gasteiger partial charge in [-0.1, -0.05) is 0 Å². The largest absolute Gasteiger partial charge is 0.316 e. The van der Waals surface area contributed by atoms with E-state index < -0.39 is 0 Å². The zero-order valence-electron chi connectivity index (χ0n) is 5.22. The van der Waals surface area contributed by atoms with E-state index in [4.69, 9.17) is 5.21 Å². The van der Waals surface area contributed by atoms with E-state index in [1.807, 2.05) is 18.4 Å². The molecule has 1 heterocycles. The van der Waals surface area contributed by atoms with Gasteiger partial charge in [0.1, 0.15) is 0 Å². The van der Waals surface area contributed by atoms with E-state index in [1.165, 1.54) is 10.4 Å². The molecule has 0 aromatic carbocycles. The molecule has 0 aliphatic rings. The Morgan fingerprint density at radius 2 is 2.56 bits per heavy atom. The van der Waals surface area contributed by atoms with Crippen LogP contribution in [0.2, 0.25) is 0 Å². The fraction of sp³-hybridized carbons (Fsp3) is 0.333. The van der Waals surface area contributed by atoms with E-state index in [2.05, 4.69) is 5.48 Å². The van der Waals surface area contributed by atoms with Gasteiger partial charge in [-0.05, 0) is 23.9 Å². The lowest BCUT2D eigenvalue weighted by atomic mass is 10.3. The molecule has 0 aliphatic carbocycles. The first kappa shape index (κ1) is 6.74. The fourth-order valence-corrected chi connectivity index (χ4v) is 1.50. The van der Waals surface area contributed by atoms with E-state index in [0.717, 1.165) is 0 Å². The maximum Gasteiger partial charge on any atom is 0.0554 e. The third kappa shape index (κ3) is 1.51. The second-order valence-corrected chi connectivity index (χ2v) is 2.86. The standard InChI is InChI=1S/C6H9NOS/c1-5-2-3-9-6(5)4-7-8/h2-3,7-8H,4H2,1H3. The maximum absolute atomic E-state index is 8.32. The number of thiophene rings is 1. The summed E-state index contributed by atoms with van der Waals surface area (Å²) in [6.45, 7) is 2.59. The SMILES string of the molecule is Cc1ccsc1CNO. The molecule has 0 fully saturated rings. The lowest BCUT2D eigenvalue weighted by molar-refractivity contribution is 0.162. The summed E-state index contributed by atoms with van der Waals surface area (Å²) in [5.74, 6) is 0. The van der Waals surface area contributed by atoms with Crippen molar-refractivity contribution in [1.29, 1.82) is 0 Å². The summed E-state index contributed by atoms with van der Waals surface area (Å²) in [5.41, 5.74) is 3.36. The first-order valence-electron chi connectivity index (χ1n) is 2.74. The predicted octanol–water partition coefficient (Wildman–Crippen LogP) is 1.54. The van der Waals surface area contributed by atoms with Gasteiger partial charge in [0.2, 0.25) is 0 Å². The van der Waals surface area contributed by atoms with Gasteiger partial charge in [0.25, 0.3) is 0 Å². The van der Waals surface area contributed by atoms with Crippen LogP contribution in [0.15, 0.2) is 11.4 Å². The van der Waals surface area contributed by atoms with E-state index >= 15 is 0 Å². The summed E-state index contributed by atoms with van der Waals surface area (Å²) in [4.78, 5) is 1.19. The van der Waals surface area contributed by atoms with Gasteiger partial charge in [0.15, 0.2) is 0 Å². The molecule has 1 aromatic heterocycles. The van der Waals surface area contributed by atoms with Crippen molar-refractivity contribution in [2.24, 2.45) is 0 Å². The molecule has 2 N–H and O–H groups in total. The van der Waals surface area contributed by atoms with Gasteiger partial charge in [0, 0.05) is 4.88 Å². The van der Waals surface area contributed by atoms with Gasteiger partial charge in [-0.3, -0.25) is 0 Å². The van der Waals surface area contributed by atoms with Crippen molar-refractivity contribution in [3.05, 3.63) is 21.9 Å². The van der Waals surface area contributed by atoms with E-state index in [9.17, 15) is 0 Å². The van der Waals surface area contributed by atoms with Crippen molar-refractivity contribution in [3.8, 4) is 0 Å². The molecular formula is C6H9NOS. The Morgan fingerprint density at radius 3 is 3.00 bits per heavy atom. The molecule has 50 valence electrons. The van der Waals surface area contributed by atoms with Gasteiger partial charge >= 0.3 is 0 Å². The van der Waals surface area contributed by atoms with Gasteiger partial charge in [0.05, 0.1) is 6.54 Å². The van der Waals surface area contributed by atoms with Crippen LogP contribution in [0.25, 0.3) is 0 Å². The Balaban J connectivity index is 2.69. The van der Waals surface area contributed by atoms with Gasteiger partial charge < -0.3 is 5.21 Å². The van der Waals surface area contributed by atoms with Crippen LogP contribution >= 0.6 is 11.3 Å². The number of nitrogens with one attached hydrogen (secondary N) is 1. The summed E-state index contributed by atoms with van der Waals surface area (Å²) >= 11 is 1.65. The number of hydroxylamine groups is 1. The minimum atomic E-state index is 0.559. The van der Waals surface area contributed by atoms with Crippen molar-refractivity contribution < 1.29 is 5.21 Å². The molecule has 0 saturated carbocycles. The third-order valence-electron chi connectivity index (χ3n) is 1.21. The van der Waals surface area contributed by atoms with Gasteiger partial charge in [-0.25, -0.2) is 5.48 Å². The number of aryl methyl sites for hydroxylation is 1. The van der Waals surface area contributed by atoms with Crippen molar-refractivity contribution in [3.63, 3.8) is 0 Å². The normalized spacial score (nSPS) is 10.0. The van der Waals surface area contributed by atoms with Gasteiger partial charge in [-0.2, -0.15) is 0 Å². The van der Waals surface area contributed by atoms with Crippen LogP contribution in [0.5, 0.6) is 0 Å². The predicted molar refractivity (Wildman–Crippen MR) is 37.7 cm³/mol. The Labute approximate surface area is 58.1 Å². The molecule has 0 atom stereocenters. The van der Waals surface area contributed by atoms with Crippen molar-refractivity contribution in [2.45, 2.75) is 13.5 Å². The lowest BCUT2D eigenvalue weighted by Crippen LogP contribution is -2.04. The van der Waals surface area contributed by atoms with Crippen LogP contribution in [-0.2, 0) is 6.54 Å². The zero-order chi connectivity index (χ0) is 6.69. The highest BCUT2D eigenvalue weighted by Crippen LogP contribution is 2.14. The van der Waals surface area contributed by atoms with Crippen LogP contribution in [0, 0.1) is 6.92 Å². The summed E-state index contributed by atoms with van der Waals surface area (Å²) < 4.78 is 0. The van der Waals surface area contributed by atoms with E-state index in [-0.39, 0.29) is 0 Å². The molecule has 0 saturated heterocycles. The minimum absolute atomic E-state index is 0.559. The van der Waals surface area contributed by atoms with Crippen LogP contribution in [-0.4, -0.2) is 5.21 Å². The summed E-state index contributed by atoms with van der Waals surface area (Å²) in [6.07, 6.45) is 0. The average Bonchev–Trinajstić information content (AvgIpc) is 2.18. The summed E-state index contributed by atoms with van der Waals surface area (Å²) in [5, 5.41) is 10.3. The molecule has 1 rings (SSSR count). The van der Waals surface area contributed by atoms with Gasteiger partial charge in [-0.15, -0.1) is 11.3 Å². The first-order valence-corrected chi connectivity index (χ1v) is 3.62. The molecule has 0 radical (unpaired) electrons. The van der Waals surface area contributed by atoms with Crippen LogP contribution in [0.3, 0.4) is 0 Å². The van der Waals surface area contributed by atoms with E-state index in [0.29, 0.717) is 6.54 Å². The average molecular weight is 143 g/mol. The number of hydrogen-bond acceptors (Lipinski definition) is 3. The third-order valence-corrected chi connectivity index (χ3v) is 2.23. The monoisotopic (exact) mass is 143 g/mol. The maximum atomic E-state index is 8.32. The highest BCUT2D eigenvalue weighted by atomic mass is 32.1. The molecule has 1 aromatic rings. The van der Waals surface area contributed by atoms with Crippen LogP contribution in [0.1, 0.15) is 10.4 Å². The fourth-order valence-electron chi connectivity index (χ4n) is 0.657. The smallest absolute Gasteiger partial charge is 0.0554 e. The molecule has 0 aliphatic heterocycles. The Morgan fingerprint density at radius 1 is 1.78 bits per heavy atom. The quantitative estimate of drug-likeness (QED) is 0.615. The van der Waals surface area contributed by atoms with Crippen LogP contribution in [0.4, 0.5) is 0 Å². The Hall–Kier alpha value is -0.380. The highest BCUT2D eigenvalue weighted by molar-refractivity contribution is 7.10. The Bertz CT molecular complexity index is 185. The summed E-state index contributed by atoms with van der Waals surface area (Å²) in [7, 11) is 0. The molecule has 9 heavy (non-hydrogen) atoms. The summed E-state index contributed by atoms with van der Waals surface area (Å²) in [6, 6.07) is 2.04. The molecule has 3 heteroatoms. The van der Waals surface area contributed by atoms with Crippen molar-refractivity contribution in [2.75, 3.05) is 0 Å². The molecule has 0 bridgehead atoms. The molecule has 0 spiro atoms. The first-order chi connectivity index (χ1) is 4.34. The van der Waals surface area contributed by atoms with Crippen LogP contribution < -0.4 is 5.48 Å². The number of rotatable bonds is 2.